The van der Waals surface area contributed by atoms with Crippen LogP contribution in [0.1, 0.15) is 110 Å². The molecule has 0 aromatic carbocycles. The van der Waals surface area contributed by atoms with E-state index in [2.05, 4.69) is 18.8 Å². The zero-order valence-electron chi connectivity index (χ0n) is 17.4. The Balaban J connectivity index is 1.85. The lowest BCUT2D eigenvalue weighted by Gasteiger charge is -2.21. The van der Waals surface area contributed by atoms with E-state index < -0.39 is 5.60 Å². The molecule has 0 heterocycles. The molecule has 0 aromatic rings. The maximum Gasteiger partial charge on any atom is 0.132 e. The highest BCUT2D eigenvalue weighted by Gasteiger charge is 2.26. The molecule has 1 N–H and O–H groups in total. The third kappa shape index (κ3) is 11.6. The van der Waals surface area contributed by atoms with Crippen LogP contribution >= 0.6 is 0 Å². The molecule has 0 amide bonds. The Bertz CT molecular complexity index is 435. The minimum atomic E-state index is -0.917. The van der Waals surface area contributed by atoms with Gasteiger partial charge in [0.1, 0.15) is 5.60 Å². The van der Waals surface area contributed by atoms with Crippen LogP contribution in [0.5, 0.6) is 0 Å². The minimum absolute atomic E-state index is 0.0475. The van der Waals surface area contributed by atoms with Gasteiger partial charge in [0.25, 0.3) is 0 Å². The summed E-state index contributed by atoms with van der Waals surface area (Å²) in [6, 6.07) is 0. The van der Waals surface area contributed by atoms with Gasteiger partial charge in [-0.15, -0.1) is 5.92 Å². The molecule has 0 bridgehead atoms. The summed E-state index contributed by atoms with van der Waals surface area (Å²) >= 11 is 0. The second-order valence-corrected chi connectivity index (χ2v) is 8.09. The van der Waals surface area contributed by atoms with Crippen molar-refractivity contribution in [3.63, 3.8) is 0 Å². The quantitative estimate of drug-likeness (QED) is 0.239. The number of hydrogen-bond donors (Lipinski definition) is 1. The van der Waals surface area contributed by atoms with Crippen LogP contribution in [0, 0.1) is 17.8 Å². The Labute approximate surface area is 163 Å². The predicted octanol–water partition coefficient (Wildman–Crippen LogP) is 7.35. The van der Waals surface area contributed by atoms with Crippen molar-refractivity contribution in [2.45, 2.75) is 116 Å². The standard InChI is InChI=1S/C25H42O/c1-3-4-5-6-7-8-9-10-11-12-13-14-15-16-17-20-23-25(2,26)24-21-18-19-22-24/h18-19,21-22,24,26H,3-17H2,1-2H3. The highest BCUT2D eigenvalue weighted by molar-refractivity contribution is 5.28. The lowest BCUT2D eigenvalue weighted by Crippen LogP contribution is -2.29. The third-order valence-corrected chi connectivity index (χ3v) is 5.39. The molecule has 26 heavy (non-hydrogen) atoms. The fourth-order valence-corrected chi connectivity index (χ4v) is 3.54. The molecule has 1 nitrogen and oxygen atoms in total. The average Bonchev–Trinajstić information content (AvgIpc) is 3.17. The minimum Gasteiger partial charge on any atom is -0.377 e. The number of hydrogen-bond acceptors (Lipinski definition) is 1. The first-order valence-electron chi connectivity index (χ1n) is 11.2. The zero-order valence-corrected chi connectivity index (χ0v) is 17.4. The summed E-state index contributed by atoms with van der Waals surface area (Å²) in [5, 5.41) is 10.4. The van der Waals surface area contributed by atoms with Gasteiger partial charge in [-0.1, -0.05) is 121 Å². The van der Waals surface area contributed by atoms with Gasteiger partial charge in [-0.25, -0.2) is 0 Å². The molecular formula is C25H42O. The van der Waals surface area contributed by atoms with Crippen molar-refractivity contribution in [2.75, 3.05) is 0 Å². The van der Waals surface area contributed by atoms with E-state index in [0.717, 1.165) is 12.8 Å². The Kier molecular flexibility index (Phi) is 13.4. The lowest BCUT2D eigenvalue weighted by molar-refractivity contribution is 0.0963. The van der Waals surface area contributed by atoms with Gasteiger partial charge in [0, 0.05) is 12.3 Å². The van der Waals surface area contributed by atoms with Crippen molar-refractivity contribution in [3.8, 4) is 11.8 Å². The second kappa shape index (κ2) is 15.1. The number of allylic oxidation sites excluding steroid dienone is 2. The van der Waals surface area contributed by atoms with Gasteiger partial charge in [0.05, 0.1) is 0 Å². The van der Waals surface area contributed by atoms with Crippen LogP contribution in [0.2, 0.25) is 0 Å². The van der Waals surface area contributed by atoms with Crippen LogP contribution in [0.15, 0.2) is 24.3 Å². The Morgan fingerprint density at radius 2 is 1.15 bits per heavy atom. The van der Waals surface area contributed by atoms with E-state index in [-0.39, 0.29) is 5.92 Å². The maximum atomic E-state index is 10.4. The van der Waals surface area contributed by atoms with Crippen LogP contribution in [0.25, 0.3) is 0 Å². The van der Waals surface area contributed by atoms with Crippen molar-refractivity contribution >= 4 is 0 Å². The molecule has 0 radical (unpaired) electrons. The summed E-state index contributed by atoms with van der Waals surface area (Å²) in [4.78, 5) is 0. The van der Waals surface area contributed by atoms with Crippen molar-refractivity contribution < 1.29 is 5.11 Å². The van der Waals surface area contributed by atoms with Crippen LogP contribution in [0.4, 0.5) is 0 Å². The number of rotatable bonds is 15. The van der Waals surface area contributed by atoms with Gasteiger partial charge < -0.3 is 5.11 Å². The molecule has 1 heteroatoms. The molecule has 1 unspecified atom stereocenters. The summed E-state index contributed by atoms with van der Waals surface area (Å²) in [5.74, 6) is 6.28. The van der Waals surface area contributed by atoms with E-state index in [9.17, 15) is 5.11 Å². The average molecular weight is 359 g/mol. The predicted molar refractivity (Wildman–Crippen MR) is 115 cm³/mol. The van der Waals surface area contributed by atoms with E-state index in [1.54, 1.807) is 0 Å². The smallest absolute Gasteiger partial charge is 0.132 e. The molecular weight excluding hydrogens is 316 g/mol. The number of aliphatic hydroxyl groups is 1. The van der Waals surface area contributed by atoms with Gasteiger partial charge >= 0.3 is 0 Å². The Morgan fingerprint density at radius 3 is 1.62 bits per heavy atom. The summed E-state index contributed by atoms with van der Waals surface area (Å²) in [6.45, 7) is 4.10. The van der Waals surface area contributed by atoms with Crippen LogP contribution in [0.3, 0.4) is 0 Å². The second-order valence-electron chi connectivity index (χ2n) is 8.09. The molecule has 148 valence electrons. The zero-order chi connectivity index (χ0) is 18.9. The molecule has 1 rings (SSSR count). The molecule has 1 aliphatic rings. The monoisotopic (exact) mass is 358 g/mol. The Hall–Kier alpha value is -1.00. The van der Waals surface area contributed by atoms with E-state index >= 15 is 0 Å². The summed E-state index contributed by atoms with van der Waals surface area (Å²) in [7, 11) is 0. The molecule has 0 saturated carbocycles. The molecule has 1 atom stereocenters. The van der Waals surface area contributed by atoms with E-state index in [0.29, 0.717) is 0 Å². The fraction of sp³-hybridized carbons (Fsp3) is 0.760. The molecule has 0 spiro atoms. The molecule has 1 aliphatic carbocycles. The Morgan fingerprint density at radius 1 is 0.731 bits per heavy atom. The maximum absolute atomic E-state index is 10.4. The highest BCUT2D eigenvalue weighted by atomic mass is 16.3. The molecule has 0 aromatic heterocycles. The largest absolute Gasteiger partial charge is 0.377 e. The topological polar surface area (TPSA) is 20.2 Å². The third-order valence-electron chi connectivity index (χ3n) is 5.39. The van der Waals surface area contributed by atoms with Crippen LogP contribution < -0.4 is 0 Å². The SMILES string of the molecule is CCCCCCCCCCCCCCCCC#CC(C)(O)C1C=CC=C1. The summed E-state index contributed by atoms with van der Waals surface area (Å²) in [6.07, 6.45) is 28.3. The van der Waals surface area contributed by atoms with Gasteiger partial charge in [0.15, 0.2) is 0 Å². The molecule has 0 aliphatic heterocycles. The van der Waals surface area contributed by atoms with Crippen molar-refractivity contribution in [2.24, 2.45) is 5.92 Å². The van der Waals surface area contributed by atoms with E-state index in [1.165, 1.54) is 83.5 Å². The van der Waals surface area contributed by atoms with Crippen molar-refractivity contribution in [1.29, 1.82) is 0 Å². The molecule has 0 fully saturated rings. The lowest BCUT2D eigenvalue weighted by atomic mass is 9.91. The molecule has 0 saturated heterocycles. The van der Waals surface area contributed by atoms with Gasteiger partial charge in [-0.3, -0.25) is 0 Å². The van der Waals surface area contributed by atoms with Crippen molar-refractivity contribution in [3.05, 3.63) is 24.3 Å². The van der Waals surface area contributed by atoms with Gasteiger partial charge in [0.2, 0.25) is 0 Å². The number of unbranched alkanes of at least 4 members (excludes halogenated alkanes) is 14. The summed E-state index contributed by atoms with van der Waals surface area (Å²) < 4.78 is 0. The normalized spacial score (nSPS) is 15.8. The summed E-state index contributed by atoms with van der Waals surface area (Å²) in [5.41, 5.74) is -0.917. The van der Waals surface area contributed by atoms with Gasteiger partial charge in [-0.05, 0) is 13.3 Å². The van der Waals surface area contributed by atoms with E-state index in [1.807, 2.05) is 31.2 Å². The van der Waals surface area contributed by atoms with Crippen molar-refractivity contribution in [1.82, 2.24) is 0 Å². The highest BCUT2D eigenvalue weighted by Crippen LogP contribution is 2.23. The van der Waals surface area contributed by atoms with Gasteiger partial charge in [-0.2, -0.15) is 0 Å². The van der Waals surface area contributed by atoms with Crippen LogP contribution in [-0.4, -0.2) is 10.7 Å². The van der Waals surface area contributed by atoms with Crippen LogP contribution in [-0.2, 0) is 0 Å². The first-order valence-corrected chi connectivity index (χ1v) is 11.2. The van der Waals surface area contributed by atoms with E-state index in [4.69, 9.17) is 0 Å². The first kappa shape index (κ1) is 23.0. The first-order chi connectivity index (χ1) is 12.7. The fourth-order valence-electron chi connectivity index (χ4n) is 3.54.